The van der Waals surface area contributed by atoms with Gasteiger partial charge in [0.25, 0.3) is 0 Å². The monoisotopic (exact) mass is 294 g/mol. The number of hydrogen-bond donors (Lipinski definition) is 1. The van der Waals surface area contributed by atoms with E-state index in [2.05, 4.69) is 20.1 Å². The molecule has 0 amide bonds. The molecule has 0 radical (unpaired) electrons. The molecule has 0 fully saturated rings. The van der Waals surface area contributed by atoms with Gasteiger partial charge in [-0.3, -0.25) is 4.18 Å². The summed E-state index contributed by atoms with van der Waals surface area (Å²) in [6.45, 7) is 3.22. The average molecular weight is 295 g/mol. The van der Waals surface area contributed by atoms with E-state index in [1.54, 1.807) is 19.9 Å². The van der Waals surface area contributed by atoms with E-state index in [-0.39, 0.29) is 17.3 Å². The highest BCUT2D eigenvalue weighted by Crippen LogP contribution is 2.31. The van der Waals surface area contributed by atoms with Crippen LogP contribution in [0.2, 0.25) is 0 Å². The third kappa shape index (κ3) is 2.70. The lowest BCUT2D eigenvalue weighted by Crippen LogP contribution is -2.06. The minimum absolute atomic E-state index is 0.0351. The lowest BCUT2D eigenvalue weighted by atomic mass is 10.2. The first-order valence-corrected chi connectivity index (χ1v) is 6.47. The molecule has 0 heterocycles. The fourth-order valence-corrected chi connectivity index (χ4v) is 2.94. The van der Waals surface area contributed by atoms with Crippen LogP contribution in [0.5, 0.6) is 5.75 Å². The zero-order valence-corrected chi connectivity index (χ0v) is 10.7. The molecule has 6 heteroatoms. The summed E-state index contributed by atoms with van der Waals surface area (Å²) in [5, 5.41) is 9.60. The maximum atomic E-state index is 11.6. The number of phenols is 1. The molecule has 84 valence electrons. The topological polar surface area (TPSA) is 63.6 Å². The molecule has 1 aromatic carbocycles. The second-order valence-corrected chi connectivity index (χ2v) is 5.43. The summed E-state index contributed by atoms with van der Waals surface area (Å²) in [5.74, 6) is -0.272. The number of phenolic OH excluding ortho intramolecular Hbond substituents is 1. The highest BCUT2D eigenvalue weighted by atomic mass is 79.9. The van der Waals surface area contributed by atoms with E-state index in [9.17, 15) is 13.5 Å². The van der Waals surface area contributed by atoms with Crippen LogP contribution in [-0.2, 0) is 14.3 Å². The van der Waals surface area contributed by atoms with Crippen molar-refractivity contribution in [1.29, 1.82) is 0 Å². The number of hydrogen-bond acceptors (Lipinski definition) is 4. The molecule has 0 aliphatic rings. The molecule has 0 aliphatic heterocycles. The Morgan fingerprint density at radius 3 is 2.60 bits per heavy atom. The molecule has 0 aromatic heterocycles. The van der Waals surface area contributed by atoms with E-state index < -0.39 is 10.1 Å². The van der Waals surface area contributed by atoms with Crippen molar-refractivity contribution in [2.45, 2.75) is 18.7 Å². The fourth-order valence-electron chi connectivity index (χ4n) is 1.11. The van der Waals surface area contributed by atoms with Crippen molar-refractivity contribution in [3.63, 3.8) is 0 Å². The summed E-state index contributed by atoms with van der Waals surface area (Å²) in [6, 6.07) is 2.94. The second kappa shape index (κ2) is 4.51. The van der Waals surface area contributed by atoms with Crippen LogP contribution >= 0.6 is 15.9 Å². The van der Waals surface area contributed by atoms with Gasteiger partial charge in [-0.1, -0.05) is 15.9 Å². The zero-order chi connectivity index (χ0) is 11.6. The van der Waals surface area contributed by atoms with Crippen molar-refractivity contribution in [2.75, 3.05) is 6.61 Å². The highest BCUT2D eigenvalue weighted by molar-refractivity contribution is 9.10. The normalized spacial score (nSPS) is 11.7. The minimum Gasteiger partial charge on any atom is -0.506 e. The van der Waals surface area contributed by atoms with Gasteiger partial charge in [-0.15, -0.1) is 0 Å². The Bertz CT molecular complexity index is 467. The lowest BCUT2D eigenvalue weighted by Gasteiger charge is -2.08. The van der Waals surface area contributed by atoms with E-state index in [0.717, 1.165) is 0 Å². The summed E-state index contributed by atoms with van der Waals surface area (Å²) in [4.78, 5) is -0.212. The molecular formula is C9H11BrO4S. The number of benzene rings is 1. The maximum Gasteiger partial charge on any atom is 0.300 e. The minimum atomic E-state index is -3.87. The van der Waals surface area contributed by atoms with Crippen molar-refractivity contribution in [2.24, 2.45) is 0 Å². The molecule has 1 N–H and O–H groups in total. The van der Waals surface area contributed by atoms with Crippen LogP contribution in [0.15, 0.2) is 21.5 Å². The van der Waals surface area contributed by atoms with Crippen LogP contribution in [0, 0.1) is 6.92 Å². The highest BCUT2D eigenvalue weighted by Gasteiger charge is 2.21. The van der Waals surface area contributed by atoms with Gasteiger partial charge in [0.05, 0.1) is 6.61 Å². The molecular weight excluding hydrogens is 284 g/mol. The fraction of sp³-hybridized carbons (Fsp3) is 0.333. The molecule has 4 nitrogen and oxygen atoms in total. The molecule has 0 saturated carbocycles. The smallest absolute Gasteiger partial charge is 0.300 e. The summed E-state index contributed by atoms with van der Waals surface area (Å²) in [6.07, 6.45) is 0. The van der Waals surface area contributed by atoms with Crippen LogP contribution < -0.4 is 0 Å². The van der Waals surface area contributed by atoms with Gasteiger partial charge in [0.2, 0.25) is 0 Å². The summed E-state index contributed by atoms with van der Waals surface area (Å²) in [7, 11) is -3.87. The van der Waals surface area contributed by atoms with Crippen LogP contribution in [0.3, 0.4) is 0 Å². The van der Waals surface area contributed by atoms with Gasteiger partial charge in [-0.25, -0.2) is 0 Å². The molecule has 0 saturated heterocycles. The van der Waals surface area contributed by atoms with Crippen molar-refractivity contribution < 1.29 is 17.7 Å². The standard InChI is InChI=1S/C9H11BrO4S/c1-3-14-15(12,13)8-5-7(10)4-6(2)9(8)11/h4-5,11H,3H2,1-2H3. The Balaban J connectivity index is 3.38. The predicted molar refractivity (Wildman–Crippen MR) is 59.4 cm³/mol. The summed E-state index contributed by atoms with van der Waals surface area (Å²) in [5.41, 5.74) is 0.475. The summed E-state index contributed by atoms with van der Waals surface area (Å²) < 4.78 is 28.3. The van der Waals surface area contributed by atoms with Crippen LogP contribution in [-0.4, -0.2) is 20.1 Å². The number of halogens is 1. The zero-order valence-electron chi connectivity index (χ0n) is 8.32. The molecule has 0 aliphatic carbocycles. The Hall–Kier alpha value is -0.590. The average Bonchev–Trinajstić information content (AvgIpc) is 2.11. The third-order valence-corrected chi connectivity index (χ3v) is 3.63. The maximum absolute atomic E-state index is 11.6. The van der Waals surface area contributed by atoms with E-state index in [0.29, 0.717) is 10.0 Å². The van der Waals surface area contributed by atoms with Gasteiger partial charge in [-0.2, -0.15) is 8.42 Å². The molecule has 0 spiro atoms. The van der Waals surface area contributed by atoms with Crippen molar-refractivity contribution in [1.82, 2.24) is 0 Å². The molecule has 15 heavy (non-hydrogen) atoms. The first-order chi connectivity index (χ1) is 6.88. The first-order valence-electron chi connectivity index (χ1n) is 4.27. The van der Waals surface area contributed by atoms with Gasteiger partial charge in [0.1, 0.15) is 10.6 Å². The van der Waals surface area contributed by atoms with Gasteiger partial charge in [0.15, 0.2) is 0 Å². The Kier molecular flexibility index (Phi) is 3.75. The second-order valence-electron chi connectivity index (χ2n) is 2.93. The molecule has 1 rings (SSSR count). The van der Waals surface area contributed by atoms with Crippen molar-refractivity contribution in [3.8, 4) is 5.75 Å². The van der Waals surface area contributed by atoms with Gasteiger partial charge < -0.3 is 5.11 Å². The first kappa shape index (κ1) is 12.5. The van der Waals surface area contributed by atoms with E-state index in [4.69, 9.17) is 0 Å². The largest absolute Gasteiger partial charge is 0.506 e. The van der Waals surface area contributed by atoms with Crippen LogP contribution in [0.25, 0.3) is 0 Å². The van der Waals surface area contributed by atoms with Crippen molar-refractivity contribution >= 4 is 26.0 Å². The number of aryl methyl sites for hydroxylation is 1. The van der Waals surface area contributed by atoms with E-state index in [1.165, 1.54) is 6.07 Å². The molecule has 0 unspecified atom stereocenters. The van der Waals surface area contributed by atoms with E-state index in [1.807, 2.05) is 0 Å². The SMILES string of the molecule is CCOS(=O)(=O)c1cc(Br)cc(C)c1O. The predicted octanol–water partition coefficient (Wildman–Crippen LogP) is 2.19. The third-order valence-electron chi connectivity index (χ3n) is 1.77. The van der Waals surface area contributed by atoms with Crippen molar-refractivity contribution in [3.05, 3.63) is 22.2 Å². The summed E-state index contributed by atoms with van der Waals surface area (Å²) >= 11 is 3.16. The quantitative estimate of drug-likeness (QED) is 0.868. The molecule has 0 bridgehead atoms. The Labute approximate surface area is 97.1 Å². The number of aromatic hydroxyl groups is 1. The van der Waals surface area contributed by atoms with Gasteiger partial charge >= 0.3 is 10.1 Å². The van der Waals surface area contributed by atoms with Crippen LogP contribution in [0.4, 0.5) is 0 Å². The molecule has 0 atom stereocenters. The van der Waals surface area contributed by atoms with Crippen LogP contribution in [0.1, 0.15) is 12.5 Å². The van der Waals surface area contributed by atoms with E-state index >= 15 is 0 Å². The molecule has 1 aromatic rings. The number of rotatable bonds is 3. The van der Waals surface area contributed by atoms with Gasteiger partial charge in [0, 0.05) is 4.47 Å². The Morgan fingerprint density at radius 2 is 2.07 bits per heavy atom. The lowest BCUT2D eigenvalue weighted by molar-refractivity contribution is 0.334. The van der Waals surface area contributed by atoms with Gasteiger partial charge in [-0.05, 0) is 31.5 Å². The Morgan fingerprint density at radius 1 is 1.47 bits per heavy atom.